The van der Waals surface area contributed by atoms with Crippen molar-refractivity contribution in [3.8, 4) is 11.8 Å². The van der Waals surface area contributed by atoms with Crippen molar-refractivity contribution in [2.24, 2.45) is 0 Å². The van der Waals surface area contributed by atoms with Gasteiger partial charge in [0.1, 0.15) is 0 Å². The van der Waals surface area contributed by atoms with E-state index in [-0.39, 0.29) is 12.6 Å². The molecule has 0 saturated heterocycles. The van der Waals surface area contributed by atoms with Crippen molar-refractivity contribution in [3.05, 3.63) is 30.1 Å². The zero-order chi connectivity index (χ0) is 9.52. The van der Waals surface area contributed by atoms with Gasteiger partial charge in [0.25, 0.3) is 0 Å². The third-order valence-electron chi connectivity index (χ3n) is 1.37. The lowest BCUT2D eigenvalue weighted by Gasteiger charge is -1.98. The Morgan fingerprint density at radius 2 is 2.23 bits per heavy atom. The molecule has 0 aromatic carbocycles. The number of aromatic nitrogens is 1. The molecule has 0 atom stereocenters. The van der Waals surface area contributed by atoms with Crippen LogP contribution in [0, 0.1) is 11.8 Å². The second-order valence-electron chi connectivity index (χ2n) is 2.24. The number of carbonyl (C=O) groups is 1. The Morgan fingerprint density at radius 3 is 2.85 bits per heavy atom. The van der Waals surface area contributed by atoms with Crippen LogP contribution in [0.4, 0.5) is 0 Å². The maximum Gasteiger partial charge on any atom is 0.339 e. The van der Waals surface area contributed by atoms with Crippen LogP contribution < -0.4 is 0 Å². The van der Waals surface area contributed by atoms with E-state index in [1.54, 1.807) is 31.5 Å². The zero-order valence-corrected chi connectivity index (χ0v) is 7.28. The van der Waals surface area contributed by atoms with Crippen LogP contribution in [0.25, 0.3) is 0 Å². The van der Waals surface area contributed by atoms with E-state index in [0.29, 0.717) is 5.56 Å². The fourth-order valence-electron chi connectivity index (χ4n) is 0.745. The molecule has 1 rings (SSSR count). The average Bonchev–Trinajstić information content (AvgIpc) is 2.19. The van der Waals surface area contributed by atoms with Gasteiger partial charge in [-0.1, -0.05) is 5.92 Å². The Kier molecular flexibility index (Phi) is 3.52. The number of hydrogen-bond acceptors (Lipinski definition) is 3. The van der Waals surface area contributed by atoms with E-state index in [2.05, 4.69) is 16.8 Å². The van der Waals surface area contributed by atoms with Crippen molar-refractivity contribution < 1.29 is 9.53 Å². The summed E-state index contributed by atoms with van der Waals surface area (Å²) in [6, 6.07) is 3.20. The average molecular weight is 175 g/mol. The first-order valence-corrected chi connectivity index (χ1v) is 3.81. The molecule has 0 saturated carbocycles. The van der Waals surface area contributed by atoms with E-state index >= 15 is 0 Å². The Balaban J connectivity index is 2.53. The summed E-state index contributed by atoms with van der Waals surface area (Å²) < 4.78 is 4.83. The van der Waals surface area contributed by atoms with E-state index < -0.39 is 0 Å². The van der Waals surface area contributed by atoms with Crippen LogP contribution in [0.2, 0.25) is 0 Å². The molecule has 13 heavy (non-hydrogen) atoms. The molecule has 0 spiro atoms. The van der Waals surface area contributed by atoms with Gasteiger partial charge in [0, 0.05) is 12.4 Å². The van der Waals surface area contributed by atoms with Crippen molar-refractivity contribution in [2.75, 3.05) is 6.61 Å². The molecule has 0 unspecified atom stereocenters. The summed E-state index contributed by atoms with van der Waals surface area (Å²) in [5, 5.41) is 0. The van der Waals surface area contributed by atoms with Gasteiger partial charge in [-0.2, -0.15) is 0 Å². The molecule has 0 N–H and O–H groups in total. The van der Waals surface area contributed by atoms with E-state index in [9.17, 15) is 4.79 Å². The van der Waals surface area contributed by atoms with Crippen LogP contribution in [0.15, 0.2) is 24.5 Å². The monoisotopic (exact) mass is 175 g/mol. The smallest absolute Gasteiger partial charge is 0.339 e. The van der Waals surface area contributed by atoms with Gasteiger partial charge in [0.2, 0.25) is 0 Å². The second kappa shape index (κ2) is 4.94. The lowest BCUT2D eigenvalue weighted by molar-refractivity contribution is 0.0556. The number of carbonyl (C=O) groups excluding carboxylic acids is 1. The molecule has 0 aliphatic rings. The van der Waals surface area contributed by atoms with Crippen LogP contribution in [-0.2, 0) is 4.74 Å². The SMILES string of the molecule is CC#CCOC(=O)c1ccncc1. The quantitative estimate of drug-likeness (QED) is 0.501. The van der Waals surface area contributed by atoms with E-state index in [1.165, 1.54) is 0 Å². The number of rotatable bonds is 2. The van der Waals surface area contributed by atoms with E-state index in [1.807, 2.05) is 0 Å². The zero-order valence-electron chi connectivity index (χ0n) is 7.28. The molecule has 1 aromatic rings. The van der Waals surface area contributed by atoms with Gasteiger partial charge < -0.3 is 4.74 Å². The van der Waals surface area contributed by atoms with Crippen molar-refractivity contribution in [3.63, 3.8) is 0 Å². The Morgan fingerprint density at radius 1 is 1.54 bits per heavy atom. The molecule has 3 nitrogen and oxygen atoms in total. The molecule has 3 heteroatoms. The molecule has 66 valence electrons. The van der Waals surface area contributed by atoms with Gasteiger partial charge in [-0.3, -0.25) is 4.98 Å². The lowest BCUT2D eigenvalue weighted by atomic mass is 10.3. The van der Waals surface area contributed by atoms with Gasteiger partial charge in [-0.25, -0.2) is 4.79 Å². The van der Waals surface area contributed by atoms with E-state index in [0.717, 1.165) is 0 Å². The molecule has 0 aliphatic carbocycles. The predicted molar refractivity (Wildman–Crippen MR) is 48.0 cm³/mol. The number of ether oxygens (including phenoxy) is 1. The van der Waals surface area contributed by atoms with Crippen LogP contribution >= 0.6 is 0 Å². The predicted octanol–water partition coefficient (Wildman–Crippen LogP) is 1.26. The largest absolute Gasteiger partial charge is 0.449 e. The minimum absolute atomic E-state index is 0.137. The summed E-state index contributed by atoms with van der Waals surface area (Å²) in [5.74, 6) is 4.90. The van der Waals surface area contributed by atoms with Crippen molar-refractivity contribution in [1.82, 2.24) is 4.98 Å². The molecule has 1 aromatic heterocycles. The summed E-state index contributed by atoms with van der Waals surface area (Å²) in [6.45, 7) is 1.83. The Bertz CT molecular complexity index is 335. The standard InChI is InChI=1S/C10H9NO2/c1-2-3-8-13-10(12)9-4-6-11-7-5-9/h4-7H,8H2,1H3. The lowest BCUT2D eigenvalue weighted by Crippen LogP contribution is -2.04. The third kappa shape index (κ3) is 2.96. The van der Waals surface area contributed by atoms with Gasteiger partial charge in [0.15, 0.2) is 6.61 Å². The molecular weight excluding hydrogens is 166 g/mol. The van der Waals surface area contributed by atoms with Crippen LogP contribution in [0.1, 0.15) is 17.3 Å². The minimum Gasteiger partial charge on any atom is -0.449 e. The second-order valence-corrected chi connectivity index (χ2v) is 2.24. The highest BCUT2D eigenvalue weighted by Gasteiger charge is 2.03. The van der Waals surface area contributed by atoms with E-state index in [4.69, 9.17) is 4.74 Å². The number of nitrogens with zero attached hydrogens (tertiary/aromatic N) is 1. The summed E-state index contributed by atoms with van der Waals surface area (Å²) in [4.78, 5) is 15.0. The highest BCUT2D eigenvalue weighted by atomic mass is 16.5. The van der Waals surface area contributed by atoms with Gasteiger partial charge in [-0.05, 0) is 19.1 Å². The number of pyridine rings is 1. The van der Waals surface area contributed by atoms with Crippen molar-refractivity contribution in [1.29, 1.82) is 0 Å². The normalized spacial score (nSPS) is 8.38. The molecule has 0 bridgehead atoms. The fraction of sp³-hybridized carbons (Fsp3) is 0.200. The summed E-state index contributed by atoms with van der Waals surface area (Å²) in [5.41, 5.74) is 0.493. The van der Waals surface area contributed by atoms with Crippen LogP contribution in [-0.4, -0.2) is 17.6 Å². The first-order valence-electron chi connectivity index (χ1n) is 3.81. The summed E-state index contributed by atoms with van der Waals surface area (Å²) in [6.07, 6.45) is 3.09. The number of esters is 1. The topological polar surface area (TPSA) is 39.2 Å². The summed E-state index contributed by atoms with van der Waals surface area (Å²) in [7, 11) is 0. The molecule has 0 fully saturated rings. The fourth-order valence-corrected chi connectivity index (χ4v) is 0.745. The minimum atomic E-state index is -0.370. The van der Waals surface area contributed by atoms with Crippen molar-refractivity contribution >= 4 is 5.97 Å². The van der Waals surface area contributed by atoms with Gasteiger partial charge >= 0.3 is 5.97 Å². The molecule has 0 aliphatic heterocycles. The first-order chi connectivity index (χ1) is 6.34. The highest BCUT2D eigenvalue weighted by Crippen LogP contribution is 1.98. The van der Waals surface area contributed by atoms with Crippen LogP contribution in [0.5, 0.6) is 0 Å². The molecule has 0 amide bonds. The third-order valence-corrected chi connectivity index (χ3v) is 1.37. The van der Waals surface area contributed by atoms with Crippen LogP contribution in [0.3, 0.4) is 0 Å². The maximum atomic E-state index is 11.2. The Labute approximate surface area is 76.8 Å². The highest BCUT2D eigenvalue weighted by molar-refractivity contribution is 5.89. The van der Waals surface area contributed by atoms with Gasteiger partial charge in [0.05, 0.1) is 5.56 Å². The molecule has 0 radical (unpaired) electrons. The molecular formula is C10H9NO2. The number of hydrogen-bond donors (Lipinski definition) is 0. The first kappa shape index (κ1) is 9.27. The Hall–Kier alpha value is -1.82. The maximum absolute atomic E-state index is 11.2. The summed E-state index contributed by atoms with van der Waals surface area (Å²) >= 11 is 0. The van der Waals surface area contributed by atoms with Gasteiger partial charge in [-0.15, -0.1) is 5.92 Å². The molecule has 1 heterocycles. The van der Waals surface area contributed by atoms with Crippen molar-refractivity contribution in [2.45, 2.75) is 6.92 Å².